The number of nitrogens with one attached hydrogen (secondary N) is 1. The Morgan fingerprint density at radius 3 is 2.48 bits per heavy atom. The lowest BCUT2D eigenvalue weighted by Crippen LogP contribution is -2.39. The van der Waals surface area contributed by atoms with Crippen molar-refractivity contribution in [1.82, 2.24) is 15.3 Å². The highest BCUT2D eigenvalue weighted by atomic mass is 15.3. The Morgan fingerprint density at radius 2 is 1.95 bits per heavy atom. The summed E-state index contributed by atoms with van der Waals surface area (Å²) in [6.07, 6.45) is 4.46. The molecule has 118 valence electrons. The minimum atomic E-state index is 0.415. The number of aromatic nitrogens is 2. The monoisotopic (exact) mass is 290 g/mol. The van der Waals surface area contributed by atoms with Gasteiger partial charge >= 0.3 is 0 Å². The summed E-state index contributed by atoms with van der Waals surface area (Å²) in [7, 11) is 0. The molecule has 1 aromatic rings. The number of hydrogen-bond acceptors (Lipinski definition) is 4. The van der Waals surface area contributed by atoms with Gasteiger partial charge in [-0.15, -0.1) is 0 Å². The molecule has 0 aromatic carbocycles. The summed E-state index contributed by atoms with van der Waals surface area (Å²) in [6.45, 7) is 15.2. The Labute approximate surface area is 129 Å². The third-order valence-electron chi connectivity index (χ3n) is 4.64. The summed E-state index contributed by atoms with van der Waals surface area (Å²) >= 11 is 0. The van der Waals surface area contributed by atoms with Crippen molar-refractivity contribution in [2.75, 3.05) is 24.5 Å². The fourth-order valence-electron chi connectivity index (χ4n) is 3.01. The van der Waals surface area contributed by atoms with Gasteiger partial charge in [-0.2, -0.15) is 0 Å². The number of aryl methyl sites for hydroxylation is 1. The van der Waals surface area contributed by atoms with E-state index >= 15 is 0 Å². The van der Waals surface area contributed by atoms with Crippen molar-refractivity contribution in [3.8, 4) is 0 Å². The Morgan fingerprint density at radius 1 is 1.29 bits per heavy atom. The van der Waals surface area contributed by atoms with Crippen LogP contribution in [-0.2, 0) is 6.54 Å². The van der Waals surface area contributed by atoms with Gasteiger partial charge in [-0.3, -0.25) is 0 Å². The van der Waals surface area contributed by atoms with E-state index in [-0.39, 0.29) is 0 Å². The molecular formula is C17H30N4. The highest BCUT2D eigenvalue weighted by Crippen LogP contribution is 2.34. The molecule has 0 spiro atoms. The molecule has 1 aromatic heterocycles. The maximum absolute atomic E-state index is 4.71. The number of piperidine rings is 1. The first-order chi connectivity index (χ1) is 9.91. The summed E-state index contributed by atoms with van der Waals surface area (Å²) in [6, 6.07) is 0. The first kappa shape index (κ1) is 16.2. The van der Waals surface area contributed by atoms with E-state index < -0.39 is 0 Å². The van der Waals surface area contributed by atoms with E-state index in [1.807, 2.05) is 6.20 Å². The van der Waals surface area contributed by atoms with Gasteiger partial charge in [0.15, 0.2) is 0 Å². The summed E-state index contributed by atoms with van der Waals surface area (Å²) in [4.78, 5) is 11.6. The SMILES string of the molecule is CCNCc1cnc(N2CCC(C(C)(C)C)CC2)nc1C. The molecule has 4 nitrogen and oxygen atoms in total. The lowest BCUT2D eigenvalue weighted by molar-refractivity contribution is 0.198. The lowest BCUT2D eigenvalue weighted by Gasteiger charge is -2.38. The first-order valence-corrected chi connectivity index (χ1v) is 8.20. The summed E-state index contributed by atoms with van der Waals surface area (Å²) < 4.78 is 0. The summed E-state index contributed by atoms with van der Waals surface area (Å²) in [5, 5.41) is 3.33. The van der Waals surface area contributed by atoms with E-state index in [1.54, 1.807) is 0 Å². The normalized spacial score (nSPS) is 17.3. The second-order valence-corrected chi connectivity index (χ2v) is 7.19. The minimum absolute atomic E-state index is 0.415. The Balaban J connectivity index is 1.99. The van der Waals surface area contributed by atoms with Crippen molar-refractivity contribution < 1.29 is 0 Å². The molecule has 1 aliphatic rings. The molecule has 0 unspecified atom stereocenters. The van der Waals surface area contributed by atoms with Gasteiger partial charge in [0.2, 0.25) is 5.95 Å². The number of rotatable bonds is 4. The molecule has 1 N–H and O–H groups in total. The number of hydrogen-bond donors (Lipinski definition) is 1. The molecule has 0 bridgehead atoms. The molecule has 0 atom stereocenters. The fraction of sp³-hybridized carbons (Fsp3) is 0.765. The van der Waals surface area contributed by atoms with Crippen LogP contribution in [0.3, 0.4) is 0 Å². The summed E-state index contributed by atoms with van der Waals surface area (Å²) in [5.74, 6) is 1.71. The Bertz CT molecular complexity index is 456. The average Bonchev–Trinajstić information content (AvgIpc) is 2.45. The number of anilines is 1. The molecule has 2 heterocycles. The molecule has 2 rings (SSSR count). The third-order valence-corrected chi connectivity index (χ3v) is 4.64. The highest BCUT2D eigenvalue weighted by molar-refractivity contribution is 5.33. The van der Waals surface area contributed by atoms with Crippen molar-refractivity contribution in [2.24, 2.45) is 11.3 Å². The summed E-state index contributed by atoms with van der Waals surface area (Å²) in [5.41, 5.74) is 2.71. The molecule has 0 aliphatic carbocycles. The van der Waals surface area contributed by atoms with Gasteiger partial charge < -0.3 is 10.2 Å². The van der Waals surface area contributed by atoms with Crippen LogP contribution in [0, 0.1) is 18.3 Å². The van der Waals surface area contributed by atoms with E-state index in [4.69, 9.17) is 4.98 Å². The van der Waals surface area contributed by atoms with Crippen LogP contribution in [-0.4, -0.2) is 29.6 Å². The van der Waals surface area contributed by atoms with Crippen molar-refractivity contribution in [3.05, 3.63) is 17.5 Å². The molecule has 4 heteroatoms. The standard InChI is InChI=1S/C17H30N4/c1-6-18-11-14-12-19-16(20-13(14)2)21-9-7-15(8-10-21)17(3,4)5/h12,15,18H,6-11H2,1-5H3. The second-order valence-electron chi connectivity index (χ2n) is 7.19. The topological polar surface area (TPSA) is 41.1 Å². The van der Waals surface area contributed by atoms with Gasteiger partial charge in [0.25, 0.3) is 0 Å². The van der Waals surface area contributed by atoms with Crippen LogP contribution in [0.4, 0.5) is 5.95 Å². The fourth-order valence-corrected chi connectivity index (χ4v) is 3.01. The van der Waals surface area contributed by atoms with Gasteiger partial charge in [0.05, 0.1) is 0 Å². The molecule has 1 fully saturated rings. The molecule has 0 amide bonds. The molecule has 0 saturated carbocycles. The van der Waals surface area contributed by atoms with Gasteiger partial charge in [0, 0.05) is 37.1 Å². The van der Waals surface area contributed by atoms with Crippen LogP contribution in [0.2, 0.25) is 0 Å². The van der Waals surface area contributed by atoms with Crippen molar-refractivity contribution in [3.63, 3.8) is 0 Å². The third kappa shape index (κ3) is 4.16. The zero-order valence-corrected chi connectivity index (χ0v) is 14.2. The van der Waals surface area contributed by atoms with E-state index in [1.165, 1.54) is 18.4 Å². The van der Waals surface area contributed by atoms with E-state index in [9.17, 15) is 0 Å². The van der Waals surface area contributed by atoms with Crippen LogP contribution >= 0.6 is 0 Å². The Kier molecular flexibility index (Phi) is 5.20. The van der Waals surface area contributed by atoms with Crippen LogP contribution in [0.15, 0.2) is 6.20 Å². The van der Waals surface area contributed by atoms with Crippen molar-refractivity contribution in [1.29, 1.82) is 0 Å². The quantitative estimate of drug-likeness (QED) is 0.925. The van der Waals surface area contributed by atoms with E-state index in [0.717, 1.165) is 43.7 Å². The van der Waals surface area contributed by atoms with Gasteiger partial charge in [-0.1, -0.05) is 27.7 Å². The van der Waals surface area contributed by atoms with Crippen LogP contribution in [0.1, 0.15) is 51.8 Å². The molecule has 0 radical (unpaired) electrons. The van der Waals surface area contributed by atoms with Crippen LogP contribution in [0.25, 0.3) is 0 Å². The van der Waals surface area contributed by atoms with Crippen LogP contribution < -0.4 is 10.2 Å². The predicted octanol–water partition coefficient (Wildman–Crippen LogP) is 3.16. The van der Waals surface area contributed by atoms with E-state index in [0.29, 0.717) is 5.41 Å². The number of nitrogens with zero attached hydrogens (tertiary/aromatic N) is 3. The van der Waals surface area contributed by atoms with Crippen molar-refractivity contribution in [2.45, 2.75) is 54.0 Å². The van der Waals surface area contributed by atoms with E-state index in [2.05, 4.69) is 49.8 Å². The maximum Gasteiger partial charge on any atom is 0.225 e. The largest absolute Gasteiger partial charge is 0.341 e. The average molecular weight is 290 g/mol. The first-order valence-electron chi connectivity index (χ1n) is 8.20. The smallest absolute Gasteiger partial charge is 0.225 e. The zero-order chi connectivity index (χ0) is 15.5. The van der Waals surface area contributed by atoms with Crippen molar-refractivity contribution >= 4 is 5.95 Å². The minimum Gasteiger partial charge on any atom is -0.341 e. The molecule has 21 heavy (non-hydrogen) atoms. The zero-order valence-electron chi connectivity index (χ0n) is 14.2. The lowest BCUT2D eigenvalue weighted by atomic mass is 9.75. The maximum atomic E-state index is 4.71. The molecule has 1 aliphatic heterocycles. The Hall–Kier alpha value is -1.16. The molecule has 1 saturated heterocycles. The van der Waals surface area contributed by atoms with Gasteiger partial charge in [-0.05, 0) is 37.6 Å². The highest BCUT2D eigenvalue weighted by Gasteiger charge is 2.29. The van der Waals surface area contributed by atoms with Gasteiger partial charge in [-0.25, -0.2) is 9.97 Å². The second kappa shape index (κ2) is 6.73. The van der Waals surface area contributed by atoms with Crippen LogP contribution in [0.5, 0.6) is 0 Å². The molecular weight excluding hydrogens is 260 g/mol. The van der Waals surface area contributed by atoms with Gasteiger partial charge in [0.1, 0.15) is 0 Å². The predicted molar refractivity (Wildman–Crippen MR) is 88.5 cm³/mol.